The number of hydrogen-bond acceptors (Lipinski definition) is 5. The highest BCUT2D eigenvalue weighted by atomic mass is 35.5. The first-order valence-electron chi connectivity index (χ1n) is 11.0. The van der Waals surface area contributed by atoms with Crippen molar-refractivity contribution in [3.8, 4) is 0 Å². The summed E-state index contributed by atoms with van der Waals surface area (Å²) in [6.07, 6.45) is 4.00. The summed E-state index contributed by atoms with van der Waals surface area (Å²) in [4.78, 5) is 48.3. The zero-order chi connectivity index (χ0) is 24.1. The molecule has 1 aromatic heterocycles. The highest BCUT2D eigenvalue weighted by Crippen LogP contribution is 2.20. The van der Waals surface area contributed by atoms with E-state index in [-0.39, 0.29) is 29.4 Å². The average Bonchev–Trinajstić information content (AvgIpc) is 2.84. The maximum absolute atomic E-state index is 12.9. The molecule has 174 valence electrons. The van der Waals surface area contributed by atoms with Gasteiger partial charge < -0.3 is 15.5 Å². The molecule has 1 aliphatic heterocycles. The minimum absolute atomic E-state index is 0.0399. The number of likely N-dealkylation sites (tertiary alicyclic amines) is 1. The number of piperidine rings is 1. The highest BCUT2D eigenvalue weighted by Gasteiger charge is 2.27. The average molecular weight is 478 g/mol. The number of carbonyl (C=O) groups excluding carboxylic acids is 3. The molecule has 0 bridgehead atoms. The van der Waals surface area contributed by atoms with Crippen molar-refractivity contribution in [1.82, 2.24) is 20.2 Å². The van der Waals surface area contributed by atoms with E-state index in [0.717, 1.165) is 5.56 Å². The lowest BCUT2D eigenvalue weighted by Crippen LogP contribution is -2.46. The molecule has 4 rings (SSSR count). The van der Waals surface area contributed by atoms with Crippen molar-refractivity contribution in [2.24, 2.45) is 0 Å². The van der Waals surface area contributed by atoms with E-state index in [1.54, 1.807) is 47.4 Å². The van der Waals surface area contributed by atoms with Crippen LogP contribution in [0.1, 0.15) is 49.6 Å². The molecule has 2 N–H and O–H groups in total. The molecule has 0 radical (unpaired) electrons. The monoisotopic (exact) mass is 477 g/mol. The Bertz CT molecular complexity index is 1220. The van der Waals surface area contributed by atoms with Gasteiger partial charge in [-0.2, -0.15) is 0 Å². The second kappa shape index (κ2) is 10.4. The lowest BCUT2D eigenvalue weighted by molar-refractivity contribution is 0.0698. The Balaban J connectivity index is 1.37. The van der Waals surface area contributed by atoms with Crippen LogP contribution in [0.25, 0.3) is 0 Å². The summed E-state index contributed by atoms with van der Waals surface area (Å²) in [5.41, 5.74) is 1.93. The highest BCUT2D eigenvalue weighted by molar-refractivity contribution is 6.33. The predicted octanol–water partition coefficient (Wildman–Crippen LogP) is 3.73. The van der Waals surface area contributed by atoms with Crippen LogP contribution in [0.5, 0.6) is 0 Å². The first-order valence-corrected chi connectivity index (χ1v) is 11.3. The van der Waals surface area contributed by atoms with E-state index >= 15 is 0 Å². The van der Waals surface area contributed by atoms with Gasteiger partial charge in [0.1, 0.15) is 0 Å². The number of amides is 3. The van der Waals surface area contributed by atoms with E-state index in [1.165, 1.54) is 12.4 Å². The van der Waals surface area contributed by atoms with Gasteiger partial charge in [0.05, 0.1) is 10.6 Å². The zero-order valence-corrected chi connectivity index (χ0v) is 19.4. The molecular weight excluding hydrogens is 454 g/mol. The molecule has 0 aliphatic carbocycles. The fourth-order valence-corrected chi connectivity index (χ4v) is 4.06. The van der Waals surface area contributed by atoms with Crippen molar-refractivity contribution in [3.05, 3.63) is 88.3 Å². The lowest BCUT2D eigenvalue weighted by Gasteiger charge is -2.32. The molecule has 1 saturated heterocycles. The normalized spacial score (nSPS) is 13.9. The molecule has 2 heterocycles. The van der Waals surface area contributed by atoms with Gasteiger partial charge >= 0.3 is 0 Å². The van der Waals surface area contributed by atoms with Crippen molar-refractivity contribution in [2.75, 3.05) is 18.4 Å². The Kier molecular flexibility index (Phi) is 7.18. The molecule has 3 amide bonds. The topological polar surface area (TPSA) is 104 Å². The molecule has 34 heavy (non-hydrogen) atoms. The van der Waals surface area contributed by atoms with Crippen molar-refractivity contribution in [1.29, 1.82) is 0 Å². The number of halogens is 1. The van der Waals surface area contributed by atoms with Gasteiger partial charge in [-0.1, -0.05) is 41.4 Å². The maximum atomic E-state index is 12.9. The smallest absolute Gasteiger partial charge is 0.273 e. The van der Waals surface area contributed by atoms with E-state index in [2.05, 4.69) is 20.6 Å². The number of anilines is 1. The molecule has 0 atom stereocenters. The van der Waals surface area contributed by atoms with Crippen LogP contribution < -0.4 is 10.6 Å². The Hall–Kier alpha value is -3.78. The van der Waals surface area contributed by atoms with Gasteiger partial charge in [-0.25, -0.2) is 9.97 Å². The summed E-state index contributed by atoms with van der Waals surface area (Å²) >= 11 is 6.15. The third-order valence-electron chi connectivity index (χ3n) is 5.65. The minimum atomic E-state index is -0.427. The summed E-state index contributed by atoms with van der Waals surface area (Å²) in [6.45, 7) is 2.88. The van der Waals surface area contributed by atoms with Crippen molar-refractivity contribution in [2.45, 2.75) is 25.8 Å². The van der Waals surface area contributed by atoms with Crippen LogP contribution in [0.15, 0.2) is 60.9 Å². The number of nitrogens with zero attached hydrogens (tertiary/aromatic N) is 3. The van der Waals surface area contributed by atoms with E-state index < -0.39 is 5.91 Å². The van der Waals surface area contributed by atoms with Gasteiger partial charge in [-0.15, -0.1) is 0 Å². The summed E-state index contributed by atoms with van der Waals surface area (Å²) in [5.74, 6) is -0.823. The van der Waals surface area contributed by atoms with E-state index in [4.69, 9.17) is 11.6 Å². The summed E-state index contributed by atoms with van der Waals surface area (Å²) in [7, 11) is 0. The van der Waals surface area contributed by atoms with Crippen molar-refractivity contribution < 1.29 is 14.4 Å². The molecule has 8 nitrogen and oxygen atoms in total. The van der Waals surface area contributed by atoms with Crippen molar-refractivity contribution in [3.63, 3.8) is 0 Å². The van der Waals surface area contributed by atoms with Crippen LogP contribution in [-0.4, -0.2) is 51.7 Å². The molecule has 1 aliphatic rings. The molecule has 9 heteroatoms. The van der Waals surface area contributed by atoms with Crippen LogP contribution >= 0.6 is 11.6 Å². The number of carbonyl (C=O) groups is 3. The van der Waals surface area contributed by atoms with E-state index in [1.807, 2.05) is 13.0 Å². The maximum Gasteiger partial charge on any atom is 0.273 e. The molecular formula is C25H24ClN5O3. The molecule has 3 aromatic rings. The van der Waals surface area contributed by atoms with Crippen LogP contribution in [0.3, 0.4) is 0 Å². The number of nitrogens with one attached hydrogen (secondary N) is 2. The molecule has 0 unspecified atom stereocenters. The van der Waals surface area contributed by atoms with Crippen LogP contribution in [0.4, 0.5) is 5.82 Å². The van der Waals surface area contributed by atoms with Crippen LogP contribution in [0, 0.1) is 6.92 Å². The first-order chi connectivity index (χ1) is 16.4. The Morgan fingerprint density at radius 3 is 2.44 bits per heavy atom. The second-order valence-electron chi connectivity index (χ2n) is 8.10. The Labute approximate surface area is 202 Å². The fraction of sp³-hybridized carbons (Fsp3) is 0.240. The number of benzene rings is 2. The summed E-state index contributed by atoms with van der Waals surface area (Å²) in [6, 6.07) is 14.0. The van der Waals surface area contributed by atoms with Gasteiger partial charge in [0, 0.05) is 37.1 Å². The van der Waals surface area contributed by atoms with E-state index in [0.29, 0.717) is 42.1 Å². The standard InChI is InChI=1S/C25H24ClN5O3/c1-16-5-4-6-17(15-16)23(32)30-22-21(27-11-12-28-22)24(33)29-18-9-13-31(14-10-18)25(34)19-7-2-3-8-20(19)26/h2-8,11-12,15,18H,9-10,13-14H2,1H3,(H,29,33)(H,28,30,32). The molecule has 0 saturated carbocycles. The Morgan fingerprint density at radius 2 is 1.71 bits per heavy atom. The van der Waals surface area contributed by atoms with E-state index in [9.17, 15) is 14.4 Å². The molecule has 0 spiro atoms. The summed E-state index contributed by atoms with van der Waals surface area (Å²) < 4.78 is 0. The second-order valence-corrected chi connectivity index (χ2v) is 8.50. The van der Waals surface area contributed by atoms with Gasteiger partial charge in [0.25, 0.3) is 17.7 Å². The largest absolute Gasteiger partial charge is 0.348 e. The number of hydrogen-bond donors (Lipinski definition) is 2. The van der Waals surface area contributed by atoms with Crippen molar-refractivity contribution >= 4 is 35.1 Å². The first kappa shape index (κ1) is 23.4. The fourth-order valence-electron chi connectivity index (χ4n) is 3.85. The number of rotatable bonds is 5. The third-order valence-corrected chi connectivity index (χ3v) is 5.98. The quantitative estimate of drug-likeness (QED) is 0.582. The molecule has 2 aromatic carbocycles. The van der Waals surface area contributed by atoms with Gasteiger partial charge in [-0.05, 0) is 44.0 Å². The third kappa shape index (κ3) is 5.40. The number of aryl methyl sites for hydroxylation is 1. The zero-order valence-electron chi connectivity index (χ0n) is 18.6. The predicted molar refractivity (Wildman–Crippen MR) is 129 cm³/mol. The molecule has 1 fully saturated rings. The lowest BCUT2D eigenvalue weighted by atomic mass is 10.0. The van der Waals surface area contributed by atoms with Gasteiger partial charge in [0.2, 0.25) is 0 Å². The SMILES string of the molecule is Cc1cccc(C(=O)Nc2nccnc2C(=O)NC2CCN(C(=O)c3ccccc3Cl)CC2)c1. The minimum Gasteiger partial charge on any atom is -0.348 e. The van der Waals surface area contributed by atoms with Gasteiger partial charge in [0.15, 0.2) is 11.5 Å². The number of aromatic nitrogens is 2. The van der Waals surface area contributed by atoms with Crippen LogP contribution in [-0.2, 0) is 0 Å². The van der Waals surface area contributed by atoms with Crippen LogP contribution in [0.2, 0.25) is 5.02 Å². The Morgan fingerprint density at radius 1 is 0.971 bits per heavy atom. The summed E-state index contributed by atoms with van der Waals surface area (Å²) in [5, 5.41) is 6.05. The van der Waals surface area contributed by atoms with Gasteiger partial charge in [-0.3, -0.25) is 14.4 Å².